The molecule has 1 unspecified atom stereocenters. The first-order valence-electron chi connectivity index (χ1n) is 6.77. The van der Waals surface area contributed by atoms with Gasteiger partial charge in [0.1, 0.15) is 5.82 Å². The molecule has 1 aromatic heterocycles. The molecule has 18 heavy (non-hydrogen) atoms. The minimum absolute atomic E-state index is 0.501. The number of rotatable bonds is 4. The van der Waals surface area contributed by atoms with Gasteiger partial charge in [-0.05, 0) is 37.9 Å². The molecule has 2 fully saturated rings. The third-order valence-electron chi connectivity index (χ3n) is 3.97. The standard InChI is InChI=1S/C14H21N3O/c1-17(11-2-3-11)8-13-12(4-5-14(15)16-13)10-6-7-18-9-10/h4-5,10-11H,2-3,6-9H2,1H3,(H2,15,16). The molecule has 0 radical (unpaired) electrons. The van der Waals surface area contributed by atoms with Crippen LogP contribution in [0.1, 0.15) is 36.4 Å². The molecular formula is C14H21N3O. The number of aromatic nitrogens is 1. The minimum Gasteiger partial charge on any atom is -0.384 e. The van der Waals surface area contributed by atoms with Crippen molar-refractivity contribution in [2.45, 2.75) is 37.8 Å². The molecule has 1 aliphatic heterocycles. The molecule has 1 saturated heterocycles. The molecule has 1 atom stereocenters. The van der Waals surface area contributed by atoms with Gasteiger partial charge in [-0.2, -0.15) is 0 Å². The molecule has 1 saturated carbocycles. The Morgan fingerprint density at radius 3 is 2.89 bits per heavy atom. The quantitative estimate of drug-likeness (QED) is 0.881. The zero-order chi connectivity index (χ0) is 12.5. The highest BCUT2D eigenvalue weighted by molar-refractivity contribution is 5.36. The summed E-state index contributed by atoms with van der Waals surface area (Å²) in [7, 11) is 2.18. The summed E-state index contributed by atoms with van der Waals surface area (Å²) in [5.74, 6) is 1.12. The lowest BCUT2D eigenvalue weighted by Crippen LogP contribution is -2.22. The van der Waals surface area contributed by atoms with Gasteiger partial charge in [-0.25, -0.2) is 4.98 Å². The smallest absolute Gasteiger partial charge is 0.123 e. The molecule has 0 bridgehead atoms. The lowest BCUT2D eigenvalue weighted by atomic mass is 9.96. The highest BCUT2D eigenvalue weighted by Gasteiger charge is 2.28. The highest BCUT2D eigenvalue weighted by Crippen LogP contribution is 2.31. The Bertz CT molecular complexity index is 425. The van der Waals surface area contributed by atoms with Crippen molar-refractivity contribution >= 4 is 5.82 Å². The molecule has 4 heteroatoms. The number of hydrogen-bond acceptors (Lipinski definition) is 4. The molecule has 1 aliphatic carbocycles. The highest BCUT2D eigenvalue weighted by atomic mass is 16.5. The van der Waals surface area contributed by atoms with Gasteiger partial charge < -0.3 is 10.5 Å². The van der Waals surface area contributed by atoms with Gasteiger partial charge in [0, 0.05) is 25.1 Å². The zero-order valence-corrected chi connectivity index (χ0v) is 10.9. The Morgan fingerprint density at radius 1 is 1.39 bits per heavy atom. The summed E-state index contributed by atoms with van der Waals surface area (Å²) in [6.45, 7) is 2.60. The van der Waals surface area contributed by atoms with Crippen molar-refractivity contribution in [2.24, 2.45) is 0 Å². The first-order chi connectivity index (χ1) is 8.74. The fourth-order valence-corrected chi connectivity index (χ4v) is 2.69. The number of nitrogens with zero attached hydrogens (tertiary/aromatic N) is 2. The topological polar surface area (TPSA) is 51.4 Å². The molecule has 98 valence electrons. The van der Waals surface area contributed by atoms with E-state index in [9.17, 15) is 0 Å². The van der Waals surface area contributed by atoms with Gasteiger partial charge in [0.15, 0.2) is 0 Å². The second-order valence-electron chi connectivity index (χ2n) is 5.48. The number of nitrogen functional groups attached to an aromatic ring is 1. The molecule has 0 amide bonds. The van der Waals surface area contributed by atoms with Crippen LogP contribution in [0.15, 0.2) is 12.1 Å². The average Bonchev–Trinajstić information content (AvgIpc) is 3.07. The Kier molecular flexibility index (Phi) is 3.22. The van der Waals surface area contributed by atoms with Crippen molar-refractivity contribution in [1.29, 1.82) is 0 Å². The van der Waals surface area contributed by atoms with Crippen molar-refractivity contribution in [1.82, 2.24) is 9.88 Å². The summed E-state index contributed by atoms with van der Waals surface area (Å²) in [6, 6.07) is 4.80. The van der Waals surface area contributed by atoms with Crippen LogP contribution in [0.25, 0.3) is 0 Å². The zero-order valence-electron chi connectivity index (χ0n) is 10.9. The van der Waals surface area contributed by atoms with Gasteiger partial charge in [0.25, 0.3) is 0 Å². The molecule has 4 nitrogen and oxygen atoms in total. The monoisotopic (exact) mass is 247 g/mol. The SMILES string of the molecule is CN(Cc1nc(N)ccc1C1CCOC1)C1CC1. The van der Waals surface area contributed by atoms with Gasteiger partial charge in [-0.3, -0.25) is 4.90 Å². The average molecular weight is 247 g/mol. The van der Waals surface area contributed by atoms with Crippen molar-refractivity contribution < 1.29 is 4.74 Å². The van der Waals surface area contributed by atoms with E-state index < -0.39 is 0 Å². The predicted molar refractivity (Wildman–Crippen MR) is 71.3 cm³/mol. The molecule has 2 heterocycles. The van der Waals surface area contributed by atoms with Crippen LogP contribution in [-0.4, -0.2) is 36.2 Å². The van der Waals surface area contributed by atoms with E-state index in [1.54, 1.807) is 0 Å². The van der Waals surface area contributed by atoms with Crippen LogP contribution in [0.3, 0.4) is 0 Å². The first-order valence-corrected chi connectivity index (χ1v) is 6.77. The van der Waals surface area contributed by atoms with Gasteiger partial charge in [0.2, 0.25) is 0 Å². The molecule has 2 aliphatic rings. The summed E-state index contributed by atoms with van der Waals surface area (Å²) >= 11 is 0. The third-order valence-corrected chi connectivity index (χ3v) is 3.97. The van der Waals surface area contributed by atoms with Crippen LogP contribution in [0.5, 0.6) is 0 Å². The summed E-state index contributed by atoms with van der Waals surface area (Å²) < 4.78 is 5.49. The lowest BCUT2D eigenvalue weighted by molar-refractivity contribution is 0.193. The molecule has 2 N–H and O–H groups in total. The van der Waals surface area contributed by atoms with Crippen molar-refractivity contribution in [3.8, 4) is 0 Å². The Hall–Kier alpha value is -1.13. The summed E-state index contributed by atoms with van der Waals surface area (Å²) in [5, 5.41) is 0. The van der Waals surface area contributed by atoms with Crippen LogP contribution in [0, 0.1) is 0 Å². The normalized spacial score (nSPS) is 23.8. The Balaban J connectivity index is 1.82. The van der Waals surface area contributed by atoms with Crippen LogP contribution in [0.4, 0.5) is 5.82 Å². The van der Waals surface area contributed by atoms with Gasteiger partial charge in [0.05, 0.1) is 12.3 Å². The predicted octanol–water partition coefficient (Wildman–Crippen LogP) is 1.76. The number of pyridine rings is 1. The van der Waals surface area contributed by atoms with E-state index in [0.29, 0.717) is 11.7 Å². The van der Waals surface area contributed by atoms with E-state index in [4.69, 9.17) is 10.5 Å². The van der Waals surface area contributed by atoms with Crippen molar-refractivity contribution in [2.75, 3.05) is 26.0 Å². The van der Waals surface area contributed by atoms with Crippen molar-refractivity contribution in [3.63, 3.8) is 0 Å². The molecular weight excluding hydrogens is 226 g/mol. The van der Waals surface area contributed by atoms with Gasteiger partial charge in [-0.15, -0.1) is 0 Å². The first kappa shape index (κ1) is 11.9. The summed E-state index contributed by atoms with van der Waals surface area (Å²) in [5.41, 5.74) is 8.30. The van der Waals surface area contributed by atoms with E-state index >= 15 is 0 Å². The van der Waals surface area contributed by atoms with E-state index in [0.717, 1.165) is 37.9 Å². The largest absolute Gasteiger partial charge is 0.384 e. The molecule has 0 spiro atoms. The van der Waals surface area contributed by atoms with E-state index in [2.05, 4.69) is 23.0 Å². The second kappa shape index (κ2) is 4.86. The minimum atomic E-state index is 0.501. The molecule has 0 aromatic carbocycles. The molecule has 1 aromatic rings. The van der Waals surface area contributed by atoms with Crippen LogP contribution in [0.2, 0.25) is 0 Å². The van der Waals surface area contributed by atoms with Crippen LogP contribution >= 0.6 is 0 Å². The maximum atomic E-state index is 5.83. The van der Waals surface area contributed by atoms with E-state index in [-0.39, 0.29) is 0 Å². The van der Waals surface area contributed by atoms with Gasteiger partial charge >= 0.3 is 0 Å². The lowest BCUT2D eigenvalue weighted by Gasteiger charge is -2.19. The van der Waals surface area contributed by atoms with Crippen molar-refractivity contribution in [3.05, 3.63) is 23.4 Å². The summed E-state index contributed by atoms with van der Waals surface area (Å²) in [6.07, 6.45) is 3.74. The third kappa shape index (κ3) is 2.49. The number of nitrogens with two attached hydrogens (primary N) is 1. The fraction of sp³-hybridized carbons (Fsp3) is 0.643. The fourth-order valence-electron chi connectivity index (χ4n) is 2.69. The maximum absolute atomic E-state index is 5.83. The van der Waals surface area contributed by atoms with E-state index in [1.165, 1.54) is 18.4 Å². The van der Waals surface area contributed by atoms with Crippen LogP contribution in [-0.2, 0) is 11.3 Å². The molecule has 3 rings (SSSR count). The Morgan fingerprint density at radius 2 is 2.22 bits per heavy atom. The second-order valence-corrected chi connectivity index (χ2v) is 5.48. The maximum Gasteiger partial charge on any atom is 0.123 e. The number of anilines is 1. The van der Waals surface area contributed by atoms with Gasteiger partial charge in [-0.1, -0.05) is 6.07 Å². The number of hydrogen-bond donors (Lipinski definition) is 1. The number of ether oxygens (including phenoxy) is 1. The summed E-state index contributed by atoms with van der Waals surface area (Å²) in [4.78, 5) is 6.94. The van der Waals surface area contributed by atoms with Crippen LogP contribution < -0.4 is 5.73 Å². The van der Waals surface area contributed by atoms with E-state index in [1.807, 2.05) is 6.07 Å². The Labute approximate surface area is 108 Å².